The highest BCUT2D eigenvalue weighted by Gasteiger charge is 2.68. The predicted molar refractivity (Wildman–Crippen MR) is 133 cm³/mol. The molecule has 16 heteroatoms. The number of halogens is 8. The number of hydrogen-bond acceptors (Lipinski definition) is 6. The largest absolute Gasteiger partial charge is 0.464 e. The molecule has 2 aromatic rings. The van der Waals surface area contributed by atoms with E-state index in [1.165, 1.54) is 4.90 Å². The van der Waals surface area contributed by atoms with Gasteiger partial charge in [-0.05, 0) is 38.3 Å². The number of nitrogens with one attached hydrogen (secondary N) is 1. The minimum atomic E-state index is -5.87. The number of hydrogen-bond donors (Lipinski definition) is 1. The molecule has 1 N–H and O–H groups in total. The van der Waals surface area contributed by atoms with Crippen LogP contribution in [0.5, 0.6) is 0 Å². The van der Waals surface area contributed by atoms with Crippen molar-refractivity contribution in [3.05, 3.63) is 40.0 Å². The van der Waals surface area contributed by atoms with Gasteiger partial charge in [-0.3, -0.25) is 14.4 Å². The monoisotopic (exact) mass is 627 g/mol. The molecular weight excluding hydrogens is 602 g/mol. The van der Waals surface area contributed by atoms with Crippen LogP contribution < -0.4 is 5.32 Å². The van der Waals surface area contributed by atoms with E-state index in [9.17, 15) is 49.5 Å². The third kappa shape index (κ3) is 5.69. The fourth-order valence-corrected chi connectivity index (χ4v) is 5.99. The van der Waals surface area contributed by atoms with Crippen LogP contribution in [0.4, 0.5) is 35.1 Å². The van der Waals surface area contributed by atoms with Gasteiger partial charge < -0.3 is 15.0 Å². The van der Waals surface area contributed by atoms with Crippen LogP contribution in [-0.4, -0.2) is 65.3 Å². The smallest absolute Gasteiger partial charge is 0.406 e. The summed E-state index contributed by atoms with van der Waals surface area (Å²) in [6.07, 6.45) is -13.8. The number of likely N-dealkylation sites (tertiary alicyclic amines) is 1. The first-order chi connectivity index (χ1) is 19.5. The fraction of sp³-hybridized carbons (Fsp3) is 0.538. The molecular formula is C26H25F8N3O4S. The number of nitrogens with zero attached hydrogens (tertiary/aromatic N) is 2. The second-order valence-electron chi connectivity index (χ2n) is 10.4. The minimum Gasteiger partial charge on any atom is -0.464 e. The van der Waals surface area contributed by atoms with Crippen LogP contribution in [-0.2, 0) is 14.9 Å². The summed E-state index contributed by atoms with van der Waals surface area (Å²) in [5.41, 5.74) is -8.03. The molecule has 2 amide bonds. The SMILES string of the molecule is C[C@H]1CCCN1C(=O)c1nc(C(=O)NC2CC(OC=O)C2)sc1-c1ccc(C(C)(C(F)(F)F)C(F)(F)F)cc1C(F)F. The van der Waals surface area contributed by atoms with Crippen molar-refractivity contribution < 1.29 is 54.2 Å². The molecule has 2 aliphatic rings. The second kappa shape index (κ2) is 11.4. The number of amides is 2. The van der Waals surface area contributed by atoms with Crippen molar-refractivity contribution in [3.63, 3.8) is 0 Å². The lowest BCUT2D eigenvalue weighted by Gasteiger charge is -2.34. The number of thiazole rings is 1. The number of carbonyl (C=O) groups excluding carboxylic acids is 3. The van der Waals surface area contributed by atoms with E-state index < -0.39 is 70.5 Å². The van der Waals surface area contributed by atoms with Crippen molar-refractivity contribution in [2.75, 3.05) is 6.54 Å². The highest BCUT2D eigenvalue weighted by molar-refractivity contribution is 7.17. The van der Waals surface area contributed by atoms with Crippen LogP contribution >= 0.6 is 11.3 Å². The number of aromatic nitrogens is 1. The number of carbonyl (C=O) groups is 3. The molecule has 4 rings (SSSR count). The van der Waals surface area contributed by atoms with Crippen LogP contribution in [0, 0.1) is 0 Å². The Morgan fingerprint density at radius 3 is 2.31 bits per heavy atom. The summed E-state index contributed by atoms with van der Waals surface area (Å²) in [7, 11) is 0. The summed E-state index contributed by atoms with van der Waals surface area (Å²) >= 11 is 0.517. The summed E-state index contributed by atoms with van der Waals surface area (Å²) in [6.45, 7) is 2.18. The van der Waals surface area contributed by atoms with E-state index in [4.69, 9.17) is 4.74 Å². The minimum absolute atomic E-state index is 0.134. The number of alkyl halides is 8. The lowest BCUT2D eigenvalue weighted by Crippen LogP contribution is -2.51. The molecule has 230 valence electrons. The first kappa shape index (κ1) is 31.6. The zero-order valence-corrected chi connectivity index (χ0v) is 22.9. The van der Waals surface area contributed by atoms with E-state index in [0.29, 0.717) is 55.7 Å². The average Bonchev–Trinajstić information content (AvgIpc) is 3.51. The Morgan fingerprint density at radius 2 is 1.79 bits per heavy atom. The van der Waals surface area contributed by atoms with Gasteiger partial charge >= 0.3 is 12.4 Å². The second-order valence-corrected chi connectivity index (χ2v) is 11.4. The molecule has 0 radical (unpaired) electrons. The lowest BCUT2D eigenvalue weighted by molar-refractivity contribution is -0.297. The summed E-state index contributed by atoms with van der Waals surface area (Å²) in [4.78, 5) is 42.1. The van der Waals surface area contributed by atoms with Crippen molar-refractivity contribution in [2.24, 2.45) is 0 Å². The molecule has 1 saturated heterocycles. The Bertz CT molecular complexity index is 1340. The van der Waals surface area contributed by atoms with E-state index in [1.54, 1.807) is 6.92 Å². The van der Waals surface area contributed by atoms with E-state index in [1.807, 2.05) is 0 Å². The molecule has 0 spiro atoms. The van der Waals surface area contributed by atoms with Crippen LogP contribution in [0.2, 0.25) is 0 Å². The Balaban J connectivity index is 1.80. The number of ether oxygens (including phenoxy) is 1. The molecule has 0 unspecified atom stereocenters. The highest BCUT2D eigenvalue weighted by Crippen LogP contribution is 2.53. The summed E-state index contributed by atoms with van der Waals surface area (Å²) in [6, 6.07) is 0.570. The van der Waals surface area contributed by atoms with E-state index in [2.05, 4.69) is 10.3 Å². The predicted octanol–water partition coefficient (Wildman–Crippen LogP) is 6.19. The quantitative estimate of drug-likeness (QED) is 0.279. The van der Waals surface area contributed by atoms with Crippen molar-refractivity contribution in [3.8, 4) is 10.4 Å². The first-order valence-corrected chi connectivity index (χ1v) is 13.6. The van der Waals surface area contributed by atoms with Gasteiger partial charge in [0.25, 0.3) is 24.7 Å². The van der Waals surface area contributed by atoms with Gasteiger partial charge in [0.05, 0.1) is 4.88 Å². The topological polar surface area (TPSA) is 88.6 Å². The van der Waals surface area contributed by atoms with Crippen molar-refractivity contribution in [1.29, 1.82) is 0 Å². The van der Waals surface area contributed by atoms with E-state index in [-0.39, 0.29) is 35.4 Å². The number of rotatable bonds is 8. The standard InChI is InChI=1S/C26H25F8N3O4S/c1-12-4-3-7-37(12)23(40)18-19(42-22(36-18)21(39)35-14-9-15(10-14)41-11-38)16-6-5-13(8-17(16)20(27)28)24(2,25(29,30)31)26(32,33)34/h5-6,8,11-12,14-15,20H,3-4,7,9-10H2,1-2H3,(H,35,39)/t12-,14?,15?/m0/s1. The molecule has 1 aromatic carbocycles. The van der Waals surface area contributed by atoms with E-state index >= 15 is 0 Å². The van der Waals surface area contributed by atoms with Gasteiger partial charge in [-0.2, -0.15) is 26.3 Å². The molecule has 7 nitrogen and oxygen atoms in total. The third-order valence-corrected chi connectivity index (χ3v) is 8.85. The molecule has 1 aliphatic carbocycles. The Labute approximate surface area is 238 Å². The van der Waals surface area contributed by atoms with Gasteiger partial charge in [0.1, 0.15) is 11.8 Å². The molecule has 1 aromatic heterocycles. The molecule has 2 fully saturated rings. The highest BCUT2D eigenvalue weighted by atomic mass is 32.1. The van der Waals surface area contributed by atoms with Gasteiger partial charge in [-0.15, -0.1) is 11.3 Å². The summed E-state index contributed by atoms with van der Waals surface area (Å²) in [5, 5.41) is 2.30. The number of benzene rings is 1. The molecule has 1 atom stereocenters. The van der Waals surface area contributed by atoms with Gasteiger partial charge in [0.2, 0.25) is 0 Å². The zero-order valence-electron chi connectivity index (χ0n) is 22.1. The normalized spacial score (nSPS) is 21.3. The van der Waals surface area contributed by atoms with Crippen molar-refractivity contribution in [2.45, 2.75) is 81.9 Å². The maximum atomic E-state index is 14.3. The molecule has 0 bridgehead atoms. The summed E-state index contributed by atoms with van der Waals surface area (Å²) < 4.78 is 115. The van der Waals surface area contributed by atoms with Gasteiger partial charge in [0.15, 0.2) is 10.4 Å². The summed E-state index contributed by atoms with van der Waals surface area (Å²) in [5.74, 6) is -1.49. The Hall–Kier alpha value is -3.30. The molecule has 2 heterocycles. The Kier molecular flexibility index (Phi) is 8.60. The molecule has 42 heavy (non-hydrogen) atoms. The molecule has 1 aliphatic heterocycles. The average molecular weight is 628 g/mol. The molecule has 1 saturated carbocycles. The van der Waals surface area contributed by atoms with Crippen molar-refractivity contribution in [1.82, 2.24) is 15.2 Å². The van der Waals surface area contributed by atoms with Crippen LogP contribution in [0.1, 0.15) is 77.4 Å². The van der Waals surface area contributed by atoms with Crippen LogP contribution in [0.15, 0.2) is 18.2 Å². The van der Waals surface area contributed by atoms with Crippen LogP contribution in [0.3, 0.4) is 0 Å². The lowest BCUT2D eigenvalue weighted by atomic mass is 9.79. The maximum absolute atomic E-state index is 14.3. The maximum Gasteiger partial charge on any atom is 0.406 e. The van der Waals surface area contributed by atoms with Gasteiger partial charge in [0, 0.05) is 42.6 Å². The van der Waals surface area contributed by atoms with Crippen molar-refractivity contribution >= 4 is 29.6 Å². The van der Waals surface area contributed by atoms with Gasteiger partial charge in [-0.25, -0.2) is 13.8 Å². The first-order valence-electron chi connectivity index (χ1n) is 12.8. The fourth-order valence-electron chi connectivity index (χ4n) is 4.99. The van der Waals surface area contributed by atoms with Crippen LogP contribution in [0.25, 0.3) is 10.4 Å². The zero-order chi connectivity index (χ0) is 31.2. The van der Waals surface area contributed by atoms with E-state index in [0.717, 1.165) is 0 Å². The third-order valence-electron chi connectivity index (χ3n) is 7.76. The Morgan fingerprint density at radius 1 is 1.14 bits per heavy atom. The van der Waals surface area contributed by atoms with Gasteiger partial charge in [-0.1, -0.05) is 12.1 Å².